The Morgan fingerprint density at radius 2 is 1.66 bits per heavy atom. The molecule has 1 aliphatic rings. The predicted octanol–water partition coefficient (Wildman–Crippen LogP) is 7.69. The van der Waals surface area contributed by atoms with Gasteiger partial charge >= 0.3 is 0 Å². The lowest BCUT2D eigenvalue weighted by Gasteiger charge is -2.14. The van der Waals surface area contributed by atoms with Crippen LogP contribution < -0.4 is 9.75 Å². The second kappa shape index (κ2) is 9.55. The summed E-state index contributed by atoms with van der Waals surface area (Å²) in [6.07, 6.45) is 1.68. The van der Waals surface area contributed by atoms with Gasteiger partial charge in [0.25, 0.3) is 5.91 Å². The first-order valence-corrected chi connectivity index (χ1v) is 11.1. The van der Waals surface area contributed by atoms with Gasteiger partial charge in [-0.3, -0.25) is 4.79 Å². The van der Waals surface area contributed by atoms with Crippen LogP contribution in [-0.4, -0.2) is 11.6 Å². The minimum Gasteiger partial charge on any atom is -0.487 e. The molecule has 0 aliphatic carbocycles. The van der Waals surface area contributed by atoms with E-state index in [0.29, 0.717) is 48.4 Å². The molecule has 1 amide bonds. The van der Waals surface area contributed by atoms with E-state index in [0.717, 1.165) is 5.56 Å². The summed E-state index contributed by atoms with van der Waals surface area (Å²) in [5.74, 6) is 0.129. The Balaban J connectivity index is 1.67. The lowest BCUT2D eigenvalue weighted by atomic mass is 10.1. The standard InChI is InChI=1S/C24H16Cl4N2O2/c1-14-20(24(31)30(29-14)19-5-3-2-4-6-19)10-16-9-18(26)12-22(28)23(16)32-13-15-7-8-17(25)11-21(15)27/h2-12H,13H2,1H3/b20-10+. The van der Waals surface area contributed by atoms with E-state index < -0.39 is 0 Å². The van der Waals surface area contributed by atoms with Crippen molar-refractivity contribution in [1.29, 1.82) is 0 Å². The number of amides is 1. The van der Waals surface area contributed by atoms with Crippen molar-refractivity contribution in [2.24, 2.45) is 5.10 Å². The minimum atomic E-state index is -0.253. The van der Waals surface area contributed by atoms with Gasteiger partial charge in [-0.2, -0.15) is 10.1 Å². The van der Waals surface area contributed by atoms with Crippen molar-refractivity contribution < 1.29 is 9.53 Å². The van der Waals surface area contributed by atoms with Gasteiger partial charge in [-0.05, 0) is 49.4 Å². The summed E-state index contributed by atoms with van der Waals surface area (Å²) in [5, 5.41) is 7.51. The Labute approximate surface area is 205 Å². The number of hydrogen-bond acceptors (Lipinski definition) is 3. The summed E-state index contributed by atoms with van der Waals surface area (Å²) < 4.78 is 5.99. The first-order chi connectivity index (χ1) is 15.3. The van der Waals surface area contributed by atoms with Crippen molar-refractivity contribution >= 4 is 69.8 Å². The maximum Gasteiger partial charge on any atom is 0.280 e. The molecule has 0 saturated carbocycles. The number of benzene rings is 3. The molecular weight excluding hydrogens is 490 g/mol. The molecule has 3 aromatic rings. The van der Waals surface area contributed by atoms with Crippen molar-refractivity contribution in [3.8, 4) is 5.75 Å². The number of halogens is 4. The molecule has 0 radical (unpaired) electrons. The van der Waals surface area contributed by atoms with E-state index in [2.05, 4.69) is 5.10 Å². The van der Waals surface area contributed by atoms with Gasteiger partial charge in [0.1, 0.15) is 12.4 Å². The van der Waals surface area contributed by atoms with E-state index in [1.54, 1.807) is 43.3 Å². The maximum absolute atomic E-state index is 13.1. The Bertz CT molecular complexity index is 1260. The second-order valence-corrected chi connectivity index (χ2v) is 8.71. The SMILES string of the molecule is CC1=NN(c2ccccc2)C(=O)/C1=C/c1cc(Cl)cc(Cl)c1OCc1ccc(Cl)cc1Cl. The predicted molar refractivity (Wildman–Crippen MR) is 132 cm³/mol. The van der Waals surface area contributed by atoms with Crippen molar-refractivity contribution in [2.75, 3.05) is 5.01 Å². The molecule has 162 valence electrons. The molecule has 32 heavy (non-hydrogen) atoms. The molecule has 4 nitrogen and oxygen atoms in total. The molecule has 0 spiro atoms. The van der Waals surface area contributed by atoms with Gasteiger partial charge in [-0.1, -0.05) is 70.7 Å². The summed E-state index contributed by atoms with van der Waals surface area (Å²) in [6, 6.07) is 17.6. The smallest absolute Gasteiger partial charge is 0.280 e. The fourth-order valence-electron chi connectivity index (χ4n) is 3.21. The van der Waals surface area contributed by atoms with Crippen LogP contribution in [0.3, 0.4) is 0 Å². The fraction of sp³-hybridized carbons (Fsp3) is 0.0833. The van der Waals surface area contributed by atoms with Crippen LogP contribution in [0.25, 0.3) is 6.08 Å². The molecule has 3 aromatic carbocycles. The number of rotatable bonds is 5. The number of carbonyl (C=O) groups excluding carboxylic acids is 1. The molecular formula is C24H16Cl4N2O2. The first kappa shape index (κ1) is 22.7. The zero-order valence-electron chi connectivity index (χ0n) is 16.8. The van der Waals surface area contributed by atoms with Gasteiger partial charge < -0.3 is 4.74 Å². The van der Waals surface area contributed by atoms with Gasteiger partial charge in [-0.25, -0.2) is 0 Å². The zero-order chi connectivity index (χ0) is 22.8. The van der Waals surface area contributed by atoms with Crippen LogP contribution in [0.4, 0.5) is 5.69 Å². The molecule has 8 heteroatoms. The average molecular weight is 506 g/mol. The Morgan fingerprint density at radius 3 is 2.38 bits per heavy atom. The van der Waals surface area contributed by atoms with Crippen molar-refractivity contribution in [2.45, 2.75) is 13.5 Å². The Morgan fingerprint density at radius 1 is 0.938 bits per heavy atom. The molecule has 0 N–H and O–H groups in total. The van der Waals surface area contributed by atoms with Gasteiger partial charge in [-0.15, -0.1) is 0 Å². The maximum atomic E-state index is 13.1. The normalized spacial score (nSPS) is 14.8. The van der Waals surface area contributed by atoms with Crippen LogP contribution in [0.1, 0.15) is 18.1 Å². The molecule has 1 aliphatic heterocycles. The topological polar surface area (TPSA) is 41.9 Å². The average Bonchev–Trinajstić information content (AvgIpc) is 3.03. The van der Waals surface area contributed by atoms with Crippen LogP contribution in [0.2, 0.25) is 20.1 Å². The highest BCUT2D eigenvalue weighted by molar-refractivity contribution is 6.37. The van der Waals surface area contributed by atoms with E-state index in [4.69, 9.17) is 51.1 Å². The van der Waals surface area contributed by atoms with E-state index in [-0.39, 0.29) is 12.5 Å². The van der Waals surface area contributed by atoms with Crippen molar-refractivity contribution in [3.63, 3.8) is 0 Å². The molecule has 0 saturated heterocycles. The third-order valence-electron chi connectivity index (χ3n) is 4.79. The molecule has 0 bridgehead atoms. The lowest BCUT2D eigenvalue weighted by Crippen LogP contribution is -2.21. The summed E-state index contributed by atoms with van der Waals surface area (Å²) in [5.41, 5.74) is 2.97. The highest BCUT2D eigenvalue weighted by Gasteiger charge is 2.29. The van der Waals surface area contributed by atoms with Crippen molar-refractivity contribution in [3.05, 3.63) is 97.5 Å². The number of hydrogen-bond donors (Lipinski definition) is 0. The quantitative estimate of drug-likeness (QED) is 0.333. The second-order valence-electron chi connectivity index (χ2n) is 7.03. The number of ether oxygens (including phenoxy) is 1. The molecule has 4 rings (SSSR count). The lowest BCUT2D eigenvalue weighted by molar-refractivity contribution is -0.114. The molecule has 0 atom stereocenters. The summed E-state index contributed by atoms with van der Waals surface area (Å²) in [6.45, 7) is 1.93. The zero-order valence-corrected chi connectivity index (χ0v) is 19.8. The van der Waals surface area contributed by atoms with E-state index in [9.17, 15) is 4.79 Å². The molecule has 0 fully saturated rings. The van der Waals surface area contributed by atoms with Gasteiger partial charge in [0.2, 0.25) is 0 Å². The molecule has 0 unspecified atom stereocenters. The van der Waals surface area contributed by atoms with Crippen LogP contribution >= 0.6 is 46.4 Å². The van der Waals surface area contributed by atoms with E-state index >= 15 is 0 Å². The molecule has 1 heterocycles. The number of para-hydroxylation sites is 1. The fourth-order valence-corrected chi connectivity index (χ4v) is 4.24. The Kier molecular flexibility index (Phi) is 6.77. The van der Waals surface area contributed by atoms with Crippen LogP contribution in [0.15, 0.2) is 71.3 Å². The minimum absolute atomic E-state index is 0.157. The number of anilines is 1. The van der Waals surface area contributed by atoms with Crippen LogP contribution in [-0.2, 0) is 11.4 Å². The first-order valence-electron chi connectivity index (χ1n) is 9.56. The van der Waals surface area contributed by atoms with Gasteiger partial charge in [0.15, 0.2) is 0 Å². The van der Waals surface area contributed by atoms with Crippen molar-refractivity contribution in [1.82, 2.24) is 0 Å². The summed E-state index contributed by atoms with van der Waals surface area (Å²) in [7, 11) is 0. The van der Waals surface area contributed by atoms with E-state index in [1.807, 2.05) is 30.3 Å². The monoisotopic (exact) mass is 504 g/mol. The van der Waals surface area contributed by atoms with Crippen LogP contribution in [0, 0.1) is 0 Å². The number of carbonyl (C=O) groups is 1. The van der Waals surface area contributed by atoms with Gasteiger partial charge in [0, 0.05) is 26.2 Å². The number of hydrazone groups is 1. The van der Waals surface area contributed by atoms with Crippen LogP contribution in [0.5, 0.6) is 5.75 Å². The number of nitrogens with zero attached hydrogens (tertiary/aromatic N) is 2. The highest BCUT2D eigenvalue weighted by Crippen LogP contribution is 2.36. The summed E-state index contributed by atoms with van der Waals surface area (Å²) in [4.78, 5) is 13.1. The largest absolute Gasteiger partial charge is 0.487 e. The van der Waals surface area contributed by atoms with Gasteiger partial charge in [0.05, 0.1) is 22.0 Å². The summed E-state index contributed by atoms with van der Waals surface area (Å²) >= 11 is 24.9. The molecule has 0 aromatic heterocycles. The third-order valence-corrected chi connectivity index (χ3v) is 5.87. The Hall–Kier alpha value is -2.50. The highest BCUT2D eigenvalue weighted by atomic mass is 35.5. The van der Waals surface area contributed by atoms with E-state index in [1.165, 1.54) is 5.01 Å². The third kappa shape index (κ3) is 4.79.